The molecule has 8 aromatic rings. The first-order chi connectivity index (χ1) is 26.7. The molecule has 202 valence electrons. The average Bonchev–Trinajstić information content (AvgIpc) is 3.59. The molecule has 0 aliphatic heterocycles. The summed E-state index contributed by atoms with van der Waals surface area (Å²) < 4.78 is 114. The Morgan fingerprint density at radius 3 is 1.44 bits per heavy atom. The maximum absolute atomic E-state index is 9.04. The first-order valence-corrected chi connectivity index (χ1v) is 13.3. The number of para-hydroxylation sites is 2. The summed E-state index contributed by atoms with van der Waals surface area (Å²) in [6.07, 6.45) is 0. The normalized spacial score (nSPS) is 15.5. The summed E-state index contributed by atoms with van der Waals surface area (Å²) >= 11 is 0. The van der Waals surface area contributed by atoms with E-state index in [9.17, 15) is 0 Å². The highest BCUT2D eigenvalue weighted by Crippen LogP contribution is 2.36. The molecular formula is C39H26N4. The molecule has 2 aromatic heterocycles. The van der Waals surface area contributed by atoms with Crippen LogP contribution in [0.2, 0.25) is 0 Å². The zero-order chi connectivity index (χ0) is 39.9. The fourth-order valence-corrected chi connectivity index (χ4v) is 5.02. The van der Waals surface area contributed by atoms with Crippen molar-refractivity contribution in [3.05, 3.63) is 157 Å². The van der Waals surface area contributed by atoms with E-state index >= 15 is 0 Å². The lowest BCUT2D eigenvalue weighted by atomic mass is 10.0. The summed E-state index contributed by atoms with van der Waals surface area (Å²) in [5.74, 6) is 0.686. The first-order valence-electron chi connectivity index (χ1n) is 19.8. The summed E-state index contributed by atoms with van der Waals surface area (Å²) in [6.45, 7) is 0. The van der Waals surface area contributed by atoms with Crippen molar-refractivity contribution >= 4 is 21.8 Å². The Labute approximate surface area is 267 Å². The third-order valence-corrected chi connectivity index (χ3v) is 6.95. The molecule has 0 amide bonds. The molecule has 43 heavy (non-hydrogen) atoms. The second kappa shape index (κ2) is 10.5. The van der Waals surface area contributed by atoms with Gasteiger partial charge in [0.25, 0.3) is 0 Å². The Bertz CT molecular complexity index is 2790. The van der Waals surface area contributed by atoms with Crippen LogP contribution in [-0.2, 0) is 0 Å². The summed E-state index contributed by atoms with van der Waals surface area (Å²) in [5.41, 5.74) is 1.19. The fraction of sp³-hybridized carbons (Fsp3) is 0. The van der Waals surface area contributed by atoms with Crippen LogP contribution in [-0.4, -0.2) is 19.5 Å². The lowest BCUT2D eigenvalue weighted by molar-refractivity contribution is 1.07. The quantitative estimate of drug-likeness (QED) is 0.209. The van der Waals surface area contributed by atoms with Crippen molar-refractivity contribution in [2.75, 3.05) is 0 Å². The predicted molar refractivity (Wildman–Crippen MR) is 176 cm³/mol. The van der Waals surface area contributed by atoms with E-state index < -0.39 is 78.6 Å². The van der Waals surface area contributed by atoms with Crippen LogP contribution in [0.5, 0.6) is 0 Å². The third kappa shape index (κ3) is 4.55. The number of nitrogens with zero attached hydrogens (tertiary/aromatic N) is 4. The van der Waals surface area contributed by atoms with Crippen molar-refractivity contribution in [2.24, 2.45) is 0 Å². The van der Waals surface area contributed by atoms with Crippen LogP contribution in [0.1, 0.15) is 17.8 Å². The van der Waals surface area contributed by atoms with Crippen LogP contribution < -0.4 is 0 Å². The molecule has 0 saturated heterocycles. The van der Waals surface area contributed by atoms with Gasteiger partial charge in [0.1, 0.15) is 0 Å². The van der Waals surface area contributed by atoms with E-state index in [2.05, 4.69) is 0 Å². The molecule has 0 bridgehead atoms. The molecule has 0 aliphatic rings. The van der Waals surface area contributed by atoms with Crippen LogP contribution in [0.25, 0.3) is 72.8 Å². The summed E-state index contributed by atoms with van der Waals surface area (Å²) in [4.78, 5) is 14.4. The van der Waals surface area contributed by atoms with Crippen LogP contribution in [0.15, 0.2) is 157 Å². The first kappa shape index (κ1) is 14.9. The molecule has 0 unspecified atom stereocenters. The minimum absolute atomic E-state index is 0.0716. The van der Waals surface area contributed by atoms with Gasteiger partial charge in [-0.05, 0) is 41.4 Å². The number of hydrogen-bond donors (Lipinski definition) is 0. The van der Waals surface area contributed by atoms with Gasteiger partial charge in [0, 0.05) is 33.2 Å². The van der Waals surface area contributed by atoms with Gasteiger partial charge in [-0.25, -0.2) is 15.0 Å². The van der Waals surface area contributed by atoms with Crippen molar-refractivity contribution in [2.45, 2.75) is 0 Å². The van der Waals surface area contributed by atoms with Gasteiger partial charge < -0.3 is 4.57 Å². The lowest BCUT2D eigenvalue weighted by Gasteiger charge is -2.14. The molecule has 0 N–H and O–H groups in total. The molecule has 0 aliphatic carbocycles. The summed E-state index contributed by atoms with van der Waals surface area (Å²) in [6, 6.07) is 15.5. The lowest BCUT2D eigenvalue weighted by Crippen LogP contribution is -2.01. The van der Waals surface area contributed by atoms with Gasteiger partial charge in [-0.1, -0.05) is 127 Å². The molecule has 0 radical (unpaired) electrons. The molecule has 4 nitrogen and oxygen atoms in total. The number of aromatic nitrogens is 4. The van der Waals surface area contributed by atoms with Gasteiger partial charge >= 0.3 is 0 Å². The average molecular weight is 564 g/mol. The van der Waals surface area contributed by atoms with E-state index in [-0.39, 0.29) is 50.0 Å². The number of hydrogen-bond acceptors (Lipinski definition) is 3. The highest BCUT2D eigenvalue weighted by atomic mass is 15.0. The molecule has 0 fully saturated rings. The zero-order valence-corrected chi connectivity index (χ0v) is 22.3. The Morgan fingerprint density at radius 2 is 0.884 bits per heavy atom. The fourth-order valence-electron chi connectivity index (χ4n) is 5.02. The van der Waals surface area contributed by atoms with Gasteiger partial charge in [0.15, 0.2) is 17.5 Å². The second-order valence-electron chi connectivity index (χ2n) is 9.59. The number of fused-ring (bicyclic) bond motifs is 3. The van der Waals surface area contributed by atoms with Gasteiger partial charge in [-0.15, -0.1) is 0 Å². The maximum atomic E-state index is 9.04. The van der Waals surface area contributed by atoms with Gasteiger partial charge in [-0.3, -0.25) is 0 Å². The Kier molecular flexibility index (Phi) is 3.63. The van der Waals surface area contributed by atoms with Crippen molar-refractivity contribution < 1.29 is 17.8 Å². The van der Waals surface area contributed by atoms with Crippen molar-refractivity contribution in [3.8, 4) is 51.0 Å². The van der Waals surface area contributed by atoms with Gasteiger partial charge in [0.05, 0.1) is 28.9 Å². The molecule has 0 spiro atoms. The molecule has 4 heteroatoms. The van der Waals surface area contributed by atoms with E-state index in [0.29, 0.717) is 22.8 Å². The van der Waals surface area contributed by atoms with Crippen LogP contribution in [0.4, 0.5) is 0 Å². The summed E-state index contributed by atoms with van der Waals surface area (Å²) in [5, 5.41) is -0.295. The SMILES string of the molecule is [2H]c1c([2H])c([2H])c(-c2cc(-c3nc(-c4ccccc4)nc(-c4ccccc4)n3)cc(-n3c4c([2H])c([2H])c([2H])c([2H])c4c4c([2H])c([2H])c([2H])c([2H])c43)c2)c([2H])c1[2H]. The third-order valence-electron chi connectivity index (χ3n) is 6.95. The smallest absolute Gasteiger partial charge is 0.164 e. The Balaban J connectivity index is 1.56. The molecule has 2 heterocycles. The van der Waals surface area contributed by atoms with Crippen molar-refractivity contribution in [1.29, 1.82) is 0 Å². The Hall–Kier alpha value is -5.87. The van der Waals surface area contributed by atoms with Gasteiger partial charge in [0.2, 0.25) is 0 Å². The zero-order valence-electron chi connectivity index (χ0n) is 35.3. The van der Waals surface area contributed by atoms with Gasteiger partial charge in [-0.2, -0.15) is 0 Å². The summed E-state index contributed by atoms with van der Waals surface area (Å²) in [7, 11) is 0. The Morgan fingerprint density at radius 1 is 0.419 bits per heavy atom. The van der Waals surface area contributed by atoms with E-state index in [1.165, 1.54) is 16.7 Å². The second-order valence-corrected chi connectivity index (χ2v) is 9.59. The van der Waals surface area contributed by atoms with Crippen molar-refractivity contribution in [3.63, 3.8) is 0 Å². The molecule has 8 rings (SSSR count). The predicted octanol–water partition coefficient (Wildman–Crippen LogP) is 9.64. The topological polar surface area (TPSA) is 43.6 Å². The largest absolute Gasteiger partial charge is 0.309 e. The highest BCUT2D eigenvalue weighted by Gasteiger charge is 2.17. The van der Waals surface area contributed by atoms with E-state index in [0.717, 1.165) is 0 Å². The molecule has 0 atom stereocenters. The number of benzene rings is 6. The van der Waals surface area contributed by atoms with Crippen LogP contribution >= 0.6 is 0 Å². The van der Waals surface area contributed by atoms with E-state index in [4.69, 9.17) is 32.8 Å². The van der Waals surface area contributed by atoms with Crippen LogP contribution in [0.3, 0.4) is 0 Å². The van der Waals surface area contributed by atoms with Crippen molar-refractivity contribution in [1.82, 2.24) is 19.5 Å². The van der Waals surface area contributed by atoms with E-state index in [1.54, 1.807) is 6.07 Å². The van der Waals surface area contributed by atoms with E-state index in [1.807, 2.05) is 60.7 Å². The standard InChI is InChI=1S/C39H26N4/c1-4-14-27(15-5-1)30-24-31(26-32(25-30)43-35-22-12-10-20-33(35)34-21-11-13-23-36(34)43)39-41-37(28-16-6-2-7-17-28)40-38(42-39)29-18-8-3-9-19-29/h1-26H/i1D,4D,5D,10D,11D,12D,13D,14D,15D,20D,21D,22D,23D. The monoisotopic (exact) mass is 563 g/mol. The molecule has 6 aromatic carbocycles. The maximum Gasteiger partial charge on any atom is 0.164 e. The molecule has 0 saturated carbocycles. The molecular weight excluding hydrogens is 524 g/mol. The highest BCUT2D eigenvalue weighted by molar-refractivity contribution is 6.09. The number of rotatable bonds is 5. The van der Waals surface area contributed by atoms with Crippen LogP contribution in [0, 0.1) is 0 Å². The minimum atomic E-state index is -0.610. The minimum Gasteiger partial charge on any atom is -0.309 e.